The smallest absolute Gasteiger partial charge is 0.193 e. The van der Waals surface area contributed by atoms with E-state index in [1.54, 1.807) is 14.2 Å². The van der Waals surface area contributed by atoms with Gasteiger partial charge in [-0.15, -0.1) is 0 Å². The molecule has 0 N–H and O–H groups in total. The van der Waals surface area contributed by atoms with Gasteiger partial charge in [-0.1, -0.05) is 88.7 Å². The molecule has 0 aliphatic carbocycles. The highest BCUT2D eigenvalue weighted by Gasteiger charge is 2.40. The highest BCUT2D eigenvalue weighted by Crippen LogP contribution is 2.42. The summed E-state index contributed by atoms with van der Waals surface area (Å²) in [5, 5.41) is 0.118. The number of methoxy groups -OCH3 is 2. The average molecular weight is 441 g/mol. The van der Waals surface area contributed by atoms with Gasteiger partial charge in [0.1, 0.15) is 0 Å². The standard InChI is InChI=1S/C27H40O3Si/c1-9-10-11-13-21-16-18-22(19-17-21)25(30-31(7,8)27(2,3)4)23-14-12-15-24(20-23)26(28-5)29-6/h11-20,25-26H,9-10H2,1-8H3/b13-11-. The van der Waals surface area contributed by atoms with Gasteiger partial charge in [0.2, 0.25) is 0 Å². The molecule has 2 rings (SSSR count). The topological polar surface area (TPSA) is 27.7 Å². The molecule has 1 unspecified atom stereocenters. The van der Waals surface area contributed by atoms with Crippen LogP contribution in [0.3, 0.4) is 0 Å². The zero-order valence-electron chi connectivity index (χ0n) is 20.6. The van der Waals surface area contributed by atoms with E-state index in [1.165, 1.54) is 11.1 Å². The maximum atomic E-state index is 6.95. The van der Waals surface area contributed by atoms with Gasteiger partial charge >= 0.3 is 0 Å². The van der Waals surface area contributed by atoms with Crippen LogP contribution in [0, 0.1) is 0 Å². The summed E-state index contributed by atoms with van der Waals surface area (Å²) in [6, 6.07) is 17.1. The highest BCUT2D eigenvalue weighted by molar-refractivity contribution is 6.74. The molecule has 4 heteroatoms. The molecule has 0 heterocycles. The first-order valence-corrected chi connectivity index (χ1v) is 14.1. The molecule has 0 aromatic heterocycles. The minimum absolute atomic E-state index is 0.118. The Bertz CT molecular complexity index is 830. The highest BCUT2D eigenvalue weighted by atomic mass is 28.4. The fraction of sp³-hybridized carbons (Fsp3) is 0.481. The Morgan fingerprint density at radius 2 is 1.52 bits per heavy atom. The summed E-state index contributed by atoms with van der Waals surface area (Å²) in [4.78, 5) is 0. The Morgan fingerprint density at radius 3 is 2.06 bits per heavy atom. The van der Waals surface area contributed by atoms with Gasteiger partial charge in [0.25, 0.3) is 0 Å². The third-order valence-corrected chi connectivity index (χ3v) is 10.6. The summed E-state index contributed by atoms with van der Waals surface area (Å²) in [5.41, 5.74) is 4.50. The molecule has 0 bridgehead atoms. The maximum Gasteiger partial charge on any atom is 0.193 e. The third kappa shape index (κ3) is 6.88. The molecule has 31 heavy (non-hydrogen) atoms. The second-order valence-electron chi connectivity index (χ2n) is 9.59. The van der Waals surface area contributed by atoms with E-state index in [0.717, 1.165) is 24.0 Å². The van der Waals surface area contributed by atoms with Gasteiger partial charge in [0.05, 0.1) is 6.10 Å². The molecule has 0 amide bonds. The molecule has 1 atom stereocenters. The molecule has 2 aromatic carbocycles. The number of benzene rings is 2. The molecule has 0 aliphatic rings. The number of hydrogen-bond acceptors (Lipinski definition) is 3. The van der Waals surface area contributed by atoms with Gasteiger partial charge in [0, 0.05) is 19.8 Å². The Hall–Kier alpha value is -1.72. The number of hydrogen-bond donors (Lipinski definition) is 0. The van der Waals surface area contributed by atoms with Gasteiger partial charge in [-0.25, -0.2) is 0 Å². The first-order valence-electron chi connectivity index (χ1n) is 11.2. The Labute approximate surface area is 190 Å². The summed E-state index contributed by atoms with van der Waals surface area (Å²) in [7, 11) is 1.31. The van der Waals surface area contributed by atoms with Crippen LogP contribution in [0.15, 0.2) is 54.6 Å². The minimum atomic E-state index is -2.01. The van der Waals surface area contributed by atoms with Crippen molar-refractivity contribution >= 4 is 14.4 Å². The second kappa shape index (κ2) is 11.2. The van der Waals surface area contributed by atoms with E-state index in [2.05, 4.69) is 95.4 Å². The first kappa shape index (κ1) is 25.5. The quantitative estimate of drug-likeness (QED) is 0.277. The van der Waals surface area contributed by atoms with Crippen LogP contribution in [-0.2, 0) is 13.9 Å². The molecule has 2 aromatic rings. The molecule has 0 saturated carbocycles. The predicted molar refractivity (Wildman–Crippen MR) is 134 cm³/mol. The number of unbranched alkanes of at least 4 members (excludes halogenated alkanes) is 1. The Kier molecular flexibility index (Phi) is 9.25. The van der Waals surface area contributed by atoms with Crippen LogP contribution in [0.2, 0.25) is 18.1 Å². The van der Waals surface area contributed by atoms with E-state index in [9.17, 15) is 0 Å². The fourth-order valence-corrected chi connectivity index (χ4v) is 4.42. The zero-order valence-corrected chi connectivity index (χ0v) is 21.6. The van der Waals surface area contributed by atoms with Crippen LogP contribution >= 0.6 is 0 Å². The van der Waals surface area contributed by atoms with Crippen molar-refractivity contribution < 1.29 is 13.9 Å². The molecule has 3 nitrogen and oxygen atoms in total. The monoisotopic (exact) mass is 440 g/mol. The van der Waals surface area contributed by atoms with Gasteiger partial charge in [0.15, 0.2) is 14.6 Å². The van der Waals surface area contributed by atoms with Crippen molar-refractivity contribution in [3.63, 3.8) is 0 Å². The Balaban J connectivity index is 2.46. The van der Waals surface area contributed by atoms with Gasteiger partial charge in [-0.3, -0.25) is 0 Å². The molecule has 170 valence electrons. The molecule has 0 aliphatic heterocycles. The van der Waals surface area contributed by atoms with Crippen LogP contribution in [0.5, 0.6) is 0 Å². The van der Waals surface area contributed by atoms with Crippen molar-refractivity contribution in [1.82, 2.24) is 0 Å². The normalized spacial score (nSPS) is 13.8. The van der Waals surface area contributed by atoms with Crippen molar-refractivity contribution in [1.29, 1.82) is 0 Å². The van der Waals surface area contributed by atoms with Crippen molar-refractivity contribution in [2.75, 3.05) is 14.2 Å². The largest absolute Gasteiger partial charge is 0.406 e. The lowest BCUT2D eigenvalue weighted by Crippen LogP contribution is -2.42. The van der Waals surface area contributed by atoms with Crippen molar-refractivity contribution in [2.45, 2.75) is 71.1 Å². The van der Waals surface area contributed by atoms with E-state index in [4.69, 9.17) is 13.9 Å². The van der Waals surface area contributed by atoms with Gasteiger partial charge < -0.3 is 13.9 Å². The van der Waals surface area contributed by atoms with E-state index in [-0.39, 0.29) is 17.4 Å². The zero-order chi connectivity index (χ0) is 23.1. The summed E-state index contributed by atoms with van der Waals surface area (Å²) in [6.07, 6.45) is 6.17. The molecule has 0 spiro atoms. The van der Waals surface area contributed by atoms with Gasteiger partial charge in [-0.05, 0) is 47.3 Å². The fourth-order valence-electron chi connectivity index (χ4n) is 3.21. The van der Waals surface area contributed by atoms with Crippen LogP contribution in [0.1, 0.15) is 75.2 Å². The van der Waals surface area contributed by atoms with Crippen molar-refractivity contribution in [3.8, 4) is 0 Å². The van der Waals surface area contributed by atoms with Crippen molar-refractivity contribution in [2.24, 2.45) is 0 Å². The lowest BCUT2D eigenvalue weighted by atomic mass is 9.98. The molecule has 0 saturated heterocycles. The number of ether oxygens (including phenoxy) is 2. The molecule has 0 radical (unpaired) electrons. The molecular formula is C27H40O3Si. The average Bonchev–Trinajstić information content (AvgIpc) is 2.73. The summed E-state index contributed by atoms with van der Waals surface area (Å²) in [5.74, 6) is 0. The van der Waals surface area contributed by atoms with Gasteiger partial charge in [-0.2, -0.15) is 0 Å². The predicted octanol–water partition coefficient (Wildman–Crippen LogP) is 7.90. The SMILES string of the molecule is CCC/C=C\c1ccc(C(O[Si](C)(C)C(C)(C)C)c2cccc(C(OC)OC)c2)cc1. The maximum absolute atomic E-state index is 6.95. The van der Waals surface area contributed by atoms with Crippen molar-refractivity contribution in [3.05, 3.63) is 76.9 Å². The second-order valence-corrected chi connectivity index (χ2v) is 14.3. The summed E-state index contributed by atoms with van der Waals surface area (Å²) < 4.78 is 17.9. The van der Waals surface area contributed by atoms with E-state index < -0.39 is 8.32 Å². The number of allylic oxidation sites excluding steroid dienone is 1. The lowest BCUT2D eigenvalue weighted by molar-refractivity contribution is -0.106. The molecular weight excluding hydrogens is 400 g/mol. The molecule has 0 fully saturated rings. The van der Waals surface area contributed by atoms with Crippen LogP contribution < -0.4 is 0 Å². The lowest BCUT2D eigenvalue weighted by Gasteiger charge is -2.39. The summed E-state index contributed by atoms with van der Waals surface area (Å²) >= 11 is 0. The minimum Gasteiger partial charge on any atom is -0.406 e. The van der Waals surface area contributed by atoms with E-state index in [0.29, 0.717) is 0 Å². The summed E-state index contributed by atoms with van der Waals surface area (Å²) in [6.45, 7) is 13.6. The van der Waals surface area contributed by atoms with Crippen LogP contribution in [0.25, 0.3) is 6.08 Å². The van der Waals surface area contributed by atoms with E-state index >= 15 is 0 Å². The first-order chi connectivity index (χ1) is 14.6. The number of rotatable bonds is 10. The Morgan fingerprint density at radius 1 is 0.903 bits per heavy atom. The van der Waals surface area contributed by atoms with Crippen LogP contribution in [-0.4, -0.2) is 22.5 Å². The third-order valence-electron chi connectivity index (χ3n) is 6.14. The van der Waals surface area contributed by atoms with E-state index in [1.807, 2.05) is 6.07 Å². The van der Waals surface area contributed by atoms with Crippen LogP contribution in [0.4, 0.5) is 0 Å².